The van der Waals surface area contributed by atoms with Crippen LogP contribution in [0.2, 0.25) is 5.02 Å². The van der Waals surface area contributed by atoms with E-state index in [1.165, 1.54) is 5.56 Å². The van der Waals surface area contributed by atoms with Crippen LogP contribution in [0, 0.1) is 0 Å². The molecule has 128 valence electrons. The zero-order chi connectivity index (χ0) is 17.6. The largest absolute Gasteiger partial charge is 0.370 e. The Bertz CT molecular complexity index is 833. The van der Waals surface area contributed by atoms with Crippen molar-refractivity contribution in [2.24, 2.45) is 0 Å². The highest BCUT2D eigenvalue weighted by atomic mass is 79.9. The van der Waals surface area contributed by atoms with Gasteiger partial charge in [0, 0.05) is 33.4 Å². The number of hydrogen-bond acceptors (Lipinski definition) is 3. The van der Waals surface area contributed by atoms with Crippen molar-refractivity contribution in [1.29, 1.82) is 0 Å². The van der Waals surface area contributed by atoms with E-state index in [4.69, 9.17) is 11.6 Å². The Balaban J connectivity index is 1.73. The Morgan fingerprint density at radius 3 is 2.40 bits per heavy atom. The van der Waals surface area contributed by atoms with Gasteiger partial charge in [0.2, 0.25) is 0 Å². The molecule has 3 aromatic rings. The highest BCUT2D eigenvalue weighted by Gasteiger charge is 2.06. The first-order valence-corrected chi connectivity index (χ1v) is 9.43. The van der Waals surface area contributed by atoms with Crippen LogP contribution in [-0.2, 0) is 12.8 Å². The highest BCUT2D eigenvalue weighted by molar-refractivity contribution is 9.10. The van der Waals surface area contributed by atoms with E-state index in [2.05, 4.69) is 50.3 Å². The van der Waals surface area contributed by atoms with Crippen LogP contribution < -0.4 is 5.32 Å². The standard InChI is InChI=1S/C20H19BrClN3/c1-2-18-13-19(23-12-11-14-3-9-17(22)10-4-14)25-20(24-18)15-5-7-16(21)8-6-15/h3-10,13H,2,11-12H2,1H3,(H,23,24,25). The Labute approximate surface area is 161 Å². The fourth-order valence-electron chi connectivity index (χ4n) is 2.48. The molecule has 1 aromatic heterocycles. The number of nitrogens with one attached hydrogen (secondary N) is 1. The van der Waals surface area contributed by atoms with Gasteiger partial charge in [0.15, 0.2) is 5.82 Å². The summed E-state index contributed by atoms with van der Waals surface area (Å²) in [4.78, 5) is 9.31. The number of hydrogen-bond donors (Lipinski definition) is 1. The molecular weight excluding hydrogens is 398 g/mol. The first kappa shape index (κ1) is 17.9. The lowest BCUT2D eigenvalue weighted by Gasteiger charge is -2.10. The molecule has 0 saturated carbocycles. The van der Waals surface area contributed by atoms with Crippen molar-refractivity contribution in [3.8, 4) is 11.4 Å². The predicted octanol–water partition coefficient (Wildman–Crippen LogP) is 5.78. The fourth-order valence-corrected chi connectivity index (χ4v) is 2.87. The summed E-state index contributed by atoms with van der Waals surface area (Å²) in [6.07, 6.45) is 1.79. The molecule has 3 nitrogen and oxygen atoms in total. The quantitative estimate of drug-likeness (QED) is 0.554. The number of benzene rings is 2. The van der Waals surface area contributed by atoms with Crippen LogP contribution in [0.1, 0.15) is 18.2 Å². The van der Waals surface area contributed by atoms with E-state index >= 15 is 0 Å². The molecule has 0 spiro atoms. The molecule has 3 rings (SSSR count). The number of halogens is 2. The second kappa shape index (κ2) is 8.45. The van der Waals surface area contributed by atoms with Gasteiger partial charge in [0.1, 0.15) is 5.82 Å². The lowest BCUT2D eigenvalue weighted by atomic mass is 10.1. The molecule has 0 bridgehead atoms. The molecule has 1 N–H and O–H groups in total. The van der Waals surface area contributed by atoms with Crippen LogP contribution >= 0.6 is 27.5 Å². The number of rotatable bonds is 6. The van der Waals surface area contributed by atoms with E-state index in [9.17, 15) is 0 Å². The zero-order valence-electron chi connectivity index (χ0n) is 14.0. The number of aromatic nitrogens is 2. The molecule has 5 heteroatoms. The Kier molecular flexibility index (Phi) is 6.05. The lowest BCUT2D eigenvalue weighted by molar-refractivity contribution is 0.972. The molecule has 0 unspecified atom stereocenters. The predicted molar refractivity (Wildman–Crippen MR) is 108 cm³/mol. The average Bonchev–Trinajstić information content (AvgIpc) is 2.63. The molecule has 0 aliphatic carbocycles. The summed E-state index contributed by atoms with van der Waals surface area (Å²) in [6, 6.07) is 18.0. The number of nitrogens with zero attached hydrogens (tertiary/aromatic N) is 2. The van der Waals surface area contributed by atoms with Gasteiger partial charge < -0.3 is 5.32 Å². The van der Waals surface area contributed by atoms with E-state index in [0.717, 1.165) is 51.8 Å². The van der Waals surface area contributed by atoms with Gasteiger partial charge in [-0.25, -0.2) is 9.97 Å². The van der Waals surface area contributed by atoms with E-state index in [-0.39, 0.29) is 0 Å². The minimum absolute atomic E-state index is 0.751. The second-order valence-electron chi connectivity index (χ2n) is 5.73. The van der Waals surface area contributed by atoms with E-state index in [1.54, 1.807) is 0 Å². The topological polar surface area (TPSA) is 37.8 Å². The van der Waals surface area contributed by atoms with Crippen molar-refractivity contribution >= 4 is 33.3 Å². The molecular formula is C20H19BrClN3. The van der Waals surface area contributed by atoms with Gasteiger partial charge >= 0.3 is 0 Å². The normalized spacial score (nSPS) is 10.7. The molecule has 25 heavy (non-hydrogen) atoms. The Morgan fingerprint density at radius 1 is 1.00 bits per heavy atom. The van der Waals surface area contributed by atoms with Gasteiger partial charge in [-0.2, -0.15) is 0 Å². The molecule has 0 amide bonds. The summed E-state index contributed by atoms with van der Waals surface area (Å²) in [5, 5.41) is 4.17. The summed E-state index contributed by atoms with van der Waals surface area (Å²) in [7, 11) is 0. The minimum Gasteiger partial charge on any atom is -0.370 e. The molecule has 0 fully saturated rings. The third-order valence-electron chi connectivity index (χ3n) is 3.88. The highest BCUT2D eigenvalue weighted by Crippen LogP contribution is 2.21. The summed E-state index contributed by atoms with van der Waals surface area (Å²) in [5.41, 5.74) is 3.29. The zero-order valence-corrected chi connectivity index (χ0v) is 16.3. The van der Waals surface area contributed by atoms with Crippen LogP contribution in [0.15, 0.2) is 59.1 Å². The average molecular weight is 417 g/mol. The Morgan fingerprint density at radius 2 is 1.72 bits per heavy atom. The lowest BCUT2D eigenvalue weighted by Crippen LogP contribution is -2.08. The van der Waals surface area contributed by atoms with Gasteiger partial charge in [0.25, 0.3) is 0 Å². The monoisotopic (exact) mass is 415 g/mol. The van der Waals surface area contributed by atoms with Crippen molar-refractivity contribution in [3.05, 3.63) is 75.4 Å². The summed E-state index contributed by atoms with van der Waals surface area (Å²) < 4.78 is 1.05. The molecule has 0 atom stereocenters. The van der Waals surface area contributed by atoms with Gasteiger partial charge in [-0.1, -0.05) is 58.7 Å². The summed E-state index contributed by atoms with van der Waals surface area (Å²) in [5.74, 6) is 1.61. The van der Waals surface area contributed by atoms with Crippen molar-refractivity contribution in [2.45, 2.75) is 19.8 Å². The van der Waals surface area contributed by atoms with Crippen LogP contribution in [0.3, 0.4) is 0 Å². The van der Waals surface area contributed by atoms with E-state index in [0.29, 0.717) is 0 Å². The van der Waals surface area contributed by atoms with Crippen LogP contribution in [-0.4, -0.2) is 16.5 Å². The van der Waals surface area contributed by atoms with Crippen LogP contribution in [0.25, 0.3) is 11.4 Å². The van der Waals surface area contributed by atoms with Gasteiger partial charge in [-0.3, -0.25) is 0 Å². The first-order chi connectivity index (χ1) is 12.1. The SMILES string of the molecule is CCc1cc(NCCc2ccc(Cl)cc2)nc(-c2ccc(Br)cc2)n1. The van der Waals surface area contributed by atoms with Crippen molar-refractivity contribution < 1.29 is 0 Å². The summed E-state index contributed by atoms with van der Waals surface area (Å²) >= 11 is 9.38. The van der Waals surface area contributed by atoms with Crippen molar-refractivity contribution in [2.75, 3.05) is 11.9 Å². The van der Waals surface area contributed by atoms with Gasteiger partial charge in [0.05, 0.1) is 0 Å². The molecule has 1 heterocycles. The molecule has 0 saturated heterocycles. The van der Waals surface area contributed by atoms with Crippen LogP contribution in [0.4, 0.5) is 5.82 Å². The third kappa shape index (κ3) is 5.03. The Hall–Kier alpha value is -1.91. The third-order valence-corrected chi connectivity index (χ3v) is 4.66. The number of aryl methyl sites for hydroxylation is 1. The second-order valence-corrected chi connectivity index (χ2v) is 7.08. The van der Waals surface area contributed by atoms with E-state index < -0.39 is 0 Å². The molecule has 0 aliphatic rings. The number of anilines is 1. The molecule has 0 radical (unpaired) electrons. The maximum atomic E-state index is 5.92. The fraction of sp³-hybridized carbons (Fsp3) is 0.200. The smallest absolute Gasteiger partial charge is 0.161 e. The minimum atomic E-state index is 0.751. The van der Waals surface area contributed by atoms with Crippen molar-refractivity contribution in [1.82, 2.24) is 9.97 Å². The summed E-state index contributed by atoms with van der Waals surface area (Å²) in [6.45, 7) is 2.91. The molecule has 0 aliphatic heterocycles. The van der Waals surface area contributed by atoms with E-state index in [1.807, 2.05) is 42.5 Å². The maximum absolute atomic E-state index is 5.92. The van der Waals surface area contributed by atoms with Gasteiger partial charge in [-0.05, 0) is 42.7 Å². The van der Waals surface area contributed by atoms with Crippen molar-refractivity contribution in [3.63, 3.8) is 0 Å². The first-order valence-electron chi connectivity index (χ1n) is 8.26. The van der Waals surface area contributed by atoms with Gasteiger partial charge in [-0.15, -0.1) is 0 Å². The molecule has 2 aromatic carbocycles. The van der Waals surface area contributed by atoms with Crippen LogP contribution in [0.5, 0.6) is 0 Å². The maximum Gasteiger partial charge on any atom is 0.161 e.